The third kappa shape index (κ3) is 10.0. The van der Waals surface area contributed by atoms with Gasteiger partial charge in [-0.25, -0.2) is 0 Å². The third-order valence-corrected chi connectivity index (χ3v) is 4.43. The first-order chi connectivity index (χ1) is 11.8. The largest absolute Gasteiger partial charge is 0.396 e. The Morgan fingerprint density at radius 2 is 1.12 bits per heavy atom. The van der Waals surface area contributed by atoms with Gasteiger partial charge in [0, 0.05) is 26.3 Å². The van der Waals surface area contributed by atoms with Crippen molar-refractivity contribution < 1.29 is 10.2 Å². The van der Waals surface area contributed by atoms with E-state index in [4.69, 9.17) is 15.9 Å². The van der Waals surface area contributed by atoms with E-state index in [0.717, 1.165) is 45.3 Å². The molecular weight excluding hydrogens is 300 g/mol. The molecule has 4 heteroatoms. The summed E-state index contributed by atoms with van der Waals surface area (Å²) in [6.45, 7) is 4.43. The highest BCUT2D eigenvalue weighted by Gasteiger charge is 2.06. The lowest BCUT2D eigenvalue weighted by atomic mass is 10.1. The predicted octanol–water partition coefficient (Wildman–Crippen LogP) is 3.05. The molecule has 1 rings (SSSR count). The summed E-state index contributed by atoms with van der Waals surface area (Å²) in [7, 11) is 0. The lowest BCUT2D eigenvalue weighted by molar-refractivity contribution is 0.244. The van der Waals surface area contributed by atoms with E-state index in [2.05, 4.69) is 29.2 Å². The van der Waals surface area contributed by atoms with Crippen molar-refractivity contribution in [2.45, 2.75) is 64.5 Å². The molecule has 0 atom stereocenters. The maximum Gasteiger partial charge on any atom is 0.0431 e. The van der Waals surface area contributed by atoms with E-state index in [1.54, 1.807) is 0 Å². The van der Waals surface area contributed by atoms with Gasteiger partial charge in [0.05, 0.1) is 0 Å². The van der Waals surface area contributed by atoms with Crippen LogP contribution in [-0.4, -0.2) is 41.4 Å². The van der Waals surface area contributed by atoms with Crippen LogP contribution >= 0.6 is 0 Å². The van der Waals surface area contributed by atoms with Crippen LogP contribution in [0.2, 0.25) is 0 Å². The molecule has 0 saturated carbocycles. The first-order valence-electron chi connectivity index (χ1n) is 9.52. The summed E-state index contributed by atoms with van der Waals surface area (Å²) >= 11 is 0. The fourth-order valence-corrected chi connectivity index (χ4v) is 2.91. The minimum atomic E-state index is 0.308. The molecule has 4 nitrogen and oxygen atoms in total. The van der Waals surface area contributed by atoms with Gasteiger partial charge in [-0.15, -0.1) is 0 Å². The van der Waals surface area contributed by atoms with Crippen LogP contribution in [0.3, 0.4) is 0 Å². The maximum absolute atomic E-state index is 8.86. The smallest absolute Gasteiger partial charge is 0.0431 e. The molecule has 0 fully saturated rings. The molecule has 0 bridgehead atoms. The highest BCUT2D eigenvalue weighted by Crippen LogP contribution is 2.11. The summed E-state index contributed by atoms with van der Waals surface area (Å²) in [5.41, 5.74) is 8.19. The minimum Gasteiger partial charge on any atom is -0.396 e. The van der Waals surface area contributed by atoms with Crippen molar-refractivity contribution in [3.05, 3.63) is 35.4 Å². The average Bonchev–Trinajstić information content (AvgIpc) is 2.61. The van der Waals surface area contributed by atoms with Crippen LogP contribution in [-0.2, 0) is 13.1 Å². The minimum absolute atomic E-state index is 0.308. The molecular formula is C20H36N2O2. The van der Waals surface area contributed by atoms with Gasteiger partial charge in [-0.3, -0.25) is 4.90 Å². The van der Waals surface area contributed by atoms with Crippen molar-refractivity contribution in [1.29, 1.82) is 0 Å². The zero-order chi connectivity index (χ0) is 17.5. The van der Waals surface area contributed by atoms with Gasteiger partial charge in [-0.05, 0) is 49.9 Å². The topological polar surface area (TPSA) is 69.7 Å². The molecule has 1 aromatic rings. The number of unbranched alkanes of at least 4 members (excludes halogenated alkanes) is 6. The summed E-state index contributed by atoms with van der Waals surface area (Å²) in [5.74, 6) is 0. The van der Waals surface area contributed by atoms with Crippen molar-refractivity contribution in [2.75, 3.05) is 26.3 Å². The molecule has 1 aromatic carbocycles. The van der Waals surface area contributed by atoms with Crippen LogP contribution in [0.1, 0.15) is 62.5 Å². The van der Waals surface area contributed by atoms with E-state index < -0.39 is 0 Å². The molecule has 0 aliphatic carbocycles. The standard InChI is InChI=1S/C20H36N2O2/c21-17-19-9-11-20(12-10-19)18-22(13-5-1-3-7-15-23)14-6-2-4-8-16-24/h9-12,23-24H,1-8,13-18,21H2. The number of nitrogens with two attached hydrogens (primary N) is 1. The third-order valence-electron chi connectivity index (χ3n) is 4.43. The van der Waals surface area contributed by atoms with E-state index in [0.29, 0.717) is 19.8 Å². The number of benzene rings is 1. The Morgan fingerprint density at radius 1 is 0.667 bits per heavy atom. The Labute approximate surface area is 147 Å². The second-order valence-corrected chi connectivity index (χ2v) is 6.57. The highest BCUT2D eigenvalue weighted by atomic mass is 16.3. The molecule has 0 saturated heterocycles. The van der Waals surface area contributed by atoms with Gasteiger partial charge in [0.2, 0.25) is 0 Å². The lowest BCUT2D eigenvalue weighted by Gasteiger charge is -2.22. The monoisotopic (exact) mass is 336 g/mol. The van der Waals surface area contributed by atoms with E-state index in [1.165, 1.54) is 36.8 Å². The van der Waals surface area contributed by atoms with Crippen LogP contribution in [0.15, 0.2) is 24.3 Å². The summed E-state index contributed by atoms with van der Waals surface area (Å²) in [4.78, 5) is 2.54. The van der Waals surface area contributed by atoms with Crippen molar-refractivity contribution in [3.8, 4) is 0 Å². The van der Waals surface area contributed by atoms with Gasteiger partial charge in [-0.2, -0.15) is 0 Å². The molecule has 24 heavy (non-hydrogen) atoms. The molecule has 0 aliphatic rings. The Balaban J connectivity index is 2.39. The van der Waals surface area contributed by atoms with Gasteiger partial charge >= 0.3 is 0 Å². The first-order valence-corrected chi connectivity index (χ1v) is 9.52. The Hall–Kier alpha value is -0.940. The predicted molar refractivity (Wildman–Crippen MR) is 101 cm³/mol. The van der Waals surface area contributed by atoms with Crippen LogP contribution in [0.5, 0.6) is 0 Å². The Bertz CT molecular complexity index is 381. The summed E-state index contributed by atoms with van der Waals surface area (Å²) in [5, 5.41) is 17.7. The van der Waals surface area contributed by atoms with Gasteiger partial charge in [-0.1, -0.05) is 49.9 Å². The van der Waals surface area contributed by atoms with Crippen molar-refractivity contribution in [3.63, 3.8) is 0 Å². The van der Waals surface area contributed by atoms with Gasteiger partial charge in [0.15, 0.2) is 0 Å². The summed E-state index contributed by atoms with van der Waals surface area (Å²) in [6.07, 6.45) is 8.83. The first kappa shape index (κ1) is 21.1. The van der Waals surface area contributed by atoms with Crippen molar-refractivity contribution in [2.24, 2.45) is 5.73 Å². The number of aliphatic hydroxyl groups is 2. The van der Waals surface area contributed by atoms with E-state index in [-0.39, 0.29) is 0 Å². The number of hydrogen-bond acceptors (Lipinski definition) is 4. The van der Waals surface area contributed by atoms with Gasteiger partial charge in [0.25, 0.3) is 0 Å². The van der Waals surface area contributed by atoms with Gasteiger partial charge < -0.3 is 15.9 Å². The maximum atomic E-state index is 8.86. The fourth-order valence-electron chi connectivity index (χ4n) is 2.91. The van der Waals surface area contributed by atoms with Crippen molar-refractivity contribution in [1.82, 2.24) is 4.90 Å². The Morgan fingerprint density at radius 3 is 1.58 bits per heavy atom. The van der Waals surface area contributed by atoms with E-state index in [1.807, 2.05) is 0 Å². The van der Waals surface area contributed by atoms with Crippen LogP contribution in [0.4, 0.5) is 0 Å². The molecule has 0 radical (unpaired) electrons. The quantitative estimate of drug-likeness (QED) is 0.431. The average molecular weight is 337 g/mol. The zero-order valence-electron chi connectivity index (χ0n) is 15.1. The normalized spacial score (nSPS) is 11.3. The molecule has 0 aliphatic heterocycles. The number of nitrogens with zero attached hydrogens (tertiary/aromatic N) is 1. The molecule has 0 unspecified atom stereocenters. The van der Waals surface area contributed by atoms with E-state index in [9.17, 15) is 0 Å². The zero-order valence-corrected chi connectivity index (χ0v) is 15.1. The summed E-state index contributed by atoms with van der Waals surface area (Å²) < 4.78 is 0. The van der Waals surface area contributed by atoms with Crippen LogP contribution in [0.25, 0.3) is 0 Å². The van der Waals surface area contributed by atoms with Gasteiger partial charge in [0.1, 0.15) is 0 Å². The molecule has 138 valence electrons. The molecule has 4 N–H and O–H groups in total. The number of hydrogen-bond donors (Lipinski definition) is 3. The summed E-state index contributed by atoms with van der Waals surface area (Å²) in [6, 6.07) is 8.62. The Kier molecular flexibility index (Phi) is 12.7. The molecule has 0 amide bonds. The van der Waals surface area contributed by atoms with Crippen LogP contribution < -0.4 is 5.73 Å². The molecule has 0 heterocycles. The second-order valence-electron chi connectivity index (χ2n) is 6.57. The molecule has 0 aromatic heterocycles. The SMILES string of the molecule is NCc1ccc(CN(CCCCCCO)CCCCCCO)cc1. The highest BCUT2D eigenvalue weighted by molar-refractivity contribution is 5.22. The van der Waals surface area contributed by atoms with Crippen molar-refractivity contribution >= 4 is 0 Å². The fraction of sp³-hybridized carbons (Fsp3) is 0.700. The second kappa shape index (κ2) is 14.4. The number of aliphatic hydroxyl groups excluding tert-OH is 2. The number of rotatable bonds is 15. The van der Waals surface area contributed by atoms with Crippen LogP contribution in [0, 0.1) is 0 Å². The van der Waals surface area contributed by atoms with E-state index >= 15 is 0 Å². The lowest BCUT2D eigenvalue weighted by Crippen LogP contribution is -2.25. The molecule has 0 spiro atoms.